The Bertz CT molecular complexity index is 823. The number of carbonyl (C=O) groups is 1. The van der Waals surface area contributed by atoms with Crippen LogP contribution in [-0.2, 0) is 21.3 Å². The van der Waals surface area contributed by atoms with E-state index in [1.54, 1.807) is 33.9 Å². The molecule has 1 amide bonds. The molecule has 0 saturated heterocycles. The number of nitrogens with zero attached hydrogens (tertiary/aromatic N) is 2. The van der Waals surface area contributed by atoms with Gasteiger partial charge in [0.05, 0.1) is 5.25 Å². The Morgan fingerprint density at radius 1 is 1.48 bits per heavy atom. The van der Waals surface area contributed by atoms with Crippen LogP contribution in [0.3, 0.4) is 0 Å². The third-order valence-electron chi connectivity index (χ3n) is 4.74. The van der Waals surface area contributed by atoms with Gasteiger partial charge < -0.3 is 10.5 Å². The van der Waals surface area contributed by atoms with Crippen LogP contribution in [0, 0.1) is 5.82 Å². The standard InChI is InChI=1S/C18H25FN4O3S/c1-17(2,3)26-16(24)21-15-22-18(12-10-11(20)7-8-13(12)19)9-5-6-14(18)27(25)23(15)4/h7-8,10,14H,5-6,9,20H2,1-4H3,(H,21,22,24). The summed E-state index contributed by atoms with van der Waals surface area (Å²) in [6.45, 7) is 5.23. The van der Waals surface area contributed by atoms with Crippen molar-refractivity contribution < 1.29 is 18.1 Å². The van der Waals surface area contributed by atoms with E-state index >= 15 is 0 Å². The number of hydrogen-bond donors (Lipinski definition) is 2. The van der Waals surface area contributed by atoms with Crippen LogP contribution < -0.4 is 11.1 Å². The van der Waals surface area contributed by atoms with Crippen LogP contribution in [0.2, 0.25) is 0 Å². The van der Waals surface area contributed by atoms with Gasteiger partial charge in [0.1, 0.15) is 27.9 Å². The molecule has 3 atom stereocenters. The van der Waals surface area contributed by atoms with Gasteiger partial charge in [-0.25, -0.2) is 18.4 Å². The molecule has 0 aromatic heterocycles. The molecule has 3 N–H and O–H groups in total. The summed E-state index contributed by atoms with van der Waals surface area (Å²) in [6.07, 6.45) is 1.22. The Morgan fingerprint density at radius 2 is 2.19 bits per heavy atom. The predicted molar refractivity (Wildman–Crippen MR) is 103 cm³/mol. The van der Waals surface area contributed by atoms with Gasteiger partial charge in [-0.15, -0.1) is 0 Å². The summed E-state index contributed by atoms with van der Waals surface area (Å²) in [6, 6.07) is 4.33. The first-order valence-electron chi connectivity index (χ1n) is 8.83. The highest BCUT2D eigenvalue weighted by Gasteiger charge is 2.53. The summed E-state index contributed by atoms with van der Waals surface area (Å²) in [5, 5.41) is 2.18. The van der Waals surface area contributed by atoms with Crippen LogP contribution >= 0.6 is 0 Å². The number of halogens is 1. The molecule has 1 aromatic carbocycles. The van der Waals surface area contributed by atoms with Gasteiger partial charge in [-0.05, 0) is 58.2 Å². The molecule has 1 aliphatic heterocycles. The van der Waals surface area contributed by atoms with Gasteiger partial charge in [-0.3, -0.25) is 9.62 Å². The van der Waals surface area contributed by atoms with Gasteiger partial charge in [-0.2, -0.15) is 0 Å². The number of carbonyl (C=O) groups excluding carboxylic acids is 1. The fraction of sp³-hybridized carbons (Fsp3) is 0.556. The molecule has 1 saturated carbocycles. The van der Waals surface area contributed by atoms with Crippen molar-refractivity contribution in [2.24, 2.45) is 4.99 Å². The molecule has 3 rings (SSSR count). The smallest absolute Gasteiger partial charge is 0.414 e. The molecule has 0 spiro atoms. The average Bonchev–Trinajstić information content (AvgIpc) is 2.97. The Hall–Kier alpha value is -2.16. The Labute approximate surface area is 160 Å². The van der Waals surface area contributed by atoms with E-state index in [4.69, 9.17) is 15.5 Å². The Kier molecular flexibility index (Phi) is 4.92. The van der Waals surface area contributed by atoms with Gasteiger partial charge >= 0.3 is 6.09 Å². The van der Waals surface area contributed by atoms with Crippen molar-refractivity contribution >= 4 is 28.7 Å². The minimum Gasteiger partial charge on any atom is -0.444 e. The summed E-state index contributed by atoms with van der Waals surface area (Å²) in [5.74, 6) is -0.347. The Morgan fingerprint density at radius 3 is 2.85 bits per heavy atom. The van der Waals surface area contributed by atoms with Crippen LogP contribution in [0.15, 0.2) is 23.2 Å². The van der Waals surface area contributed by atoms with E-state index in [1.807, 2.05) is 0 Å². The van der Waals surface area contributed by atoms with Crippen molar-refractivity contribution in [3.8, 4) is 0 Å². The lowest BCUT2D eigenvalue weighted by molar-refractivity contribution is 0.0559. The van der Waals surface area contributed by atoms with Crippen molar-refractivity contribution in [1.82, 2.24) is 9.62 Å². The number of nitrogens with two attached hydrogens (primary N) is 1. The lowest BCUT2D eigenvalue weighted by atomic mass is 9.87. The van der Waals surface area contributed by atoms with Crippen LogP contribution in [0.25, 0.3) is 0 Å². The number of alkyl carbamates (subject to hydrolysis) is 1. The second-order valence-corrected chi connectivity index (χ2v) is 9.55. The van der Waals surface area contributed by atoms with Gasteiger partial charge in [0.2, 0.25) is 5.96 Å². The number of guanidine groups is 1. The monoisotopic (exact) mass is 396 g/mol. The van der Waals surface area contributed by atoms with Crippen molar-refractivity contribution in [3.05, 3.63) is 29.6 Å². The number of ether oxygens (including phenoxy) is 1. The van der Waals surface area contributed by atoms with E-state index in [-0.39, 0.29) is 11.2 Å². The summed E-state index contributed by atoms with van der Waals surface area (Å²) in [7, 11) is 0.0977. The van der Waals surface area contributed by atoms with Crippen molar-refractivity contribution in [3.63, 3.8) is 0 Å². The van der Waals surface area contributed by atoms with Gasteiger partial charge in [-0.1, -0.05) is 0 Å². The highest BCUT2D eigenvalue weighted by atomic mass is 32.2. The molecule has 148 valence electrons. The molecular formula is C18H25FN4O3S. The lowest BCUT2D eigenvalue weighted by Gasteiger charge is -2.40. The normalized spacial score (nSPS) is 27.7. The molecular weight excluding hydrogens is 371 g/mol. The van der Waals surface area contributed by atoms with Gasteiger partial charge in [0.25, 0.3) is 0 Å². The minimum absolute atomic E-state index is 0.0996. The van der Waals surface area contributed by atoms with E-state index in [0.717, 1.165) is 6.42 Å². The molecule has 27 heavy (non-hydrogen) atoms. The zero-order chi connectivity index (χ0) is 20.0. The highest BCUT2D eigenvalue weighted by molar-refractivity contribution is 7.84. The van der Waals surface area contributed by atoms with E-state index in [0.29, 0.717) is 24.1 Å². The maximum absolute atomic E-state index is 14.7. The van der Waals surface area contributed by atoms with Gasteiger partial charge in [0, 0.05) is 18.3 Å². The fourth-order valence-corrected chi connectivity index (χ4v) is 5.27. The summed E-state index contributed by atoms with van der Waals surface area (Å²) < 4.78 is 34.4. The van der Waals surface area contributed by atoms with Crippen LogP contribution in [0.4, 0.5) is 14.9 Å². The molecule has 1 fully saturated rings. The molecule has 7 nitrogen and oxygen atoms in total. The number of amides is 1. The summed E-state index contributed by atoms with van der Waals surface area (Å²) in [4.78, 5) is 16.9. The number of benzene rings is 1. The predicted octanol–water partition coefficient (Wildman–Crippen LogP) is 2.65. The molecule has 2 aliphatic rings. The van der Waals surface area contributed by atoms with Gasteiger partial charge in [0.15, 0.2) is 0 Å². The zero-order valence-corrected chi connectivity index (χ0v) is 16.7. The first-order valence-corrected chi connectivity index (χ1v) is 10.0. The van der Waals surface area contributed by atoms with Crippen LogP contribution in [-0.4, -0.2) is 38.5 Å². The molecule has 0 bridgehead atoms. The quantitative estimate of drug-likeness (QED) is 0.713. The number of hydrogen-bond acceptors (Lipinski definition) is 5. The largest absolute Gasteiger partial charge is 0.444 e. The average molecular weight is 396 g/mol. The number of fused-ring (bicyclic) bond motifs is 1. The van der Waals surface area contributed by atoms with E-state index in [9.17, 15) is 13.4 Å². The van der Waals surface area contributed by atoms with Crippen LogP contribution in [0.1, 0.15) is 45.6 Å². The molecule has 0 radical (unpaired) electrons. The topological polar surface area (TPSA) is 97.0 Å². The zero-order valence-electron chi connectivity index (χ0n) is 15.9. The first kappa shape index (κ1) is 19.6. The summed E-state index contributed by atoms with van der Waals surface area (Å²) >= 11 is 0. The second-order valence-electron chi connectivity index (χ2n) is 7.88. The van der Waals surface area contributed by atoms with Crippen LogP contribution in [0.5, 0.6) is 0 Å². The molecule has 1 heterocycles. The number of anilines is 1. The molecule has 9 heteroatoms. The Balaban J connectivity index is 2.05. The number of aliphatic imine (C=N–C) groups is 1. The second kappa shape index (κ2) is 6.78. The summed E-state index contributed by atoms with van der Waals surface area (Å²) in [5.41, 5.74) is 4.88. The van der Waals surface area contributed by atoms with Crippen molar-refractivity contribution in [2.75, 3.05) is 12.8 Å². The molecule has 1 aliphatic carbocycles. The lowest BCUT2D eigenvalue weighted by Crippen LogP contribution is -2.55. The van der Waals surface area contributed by atoms with Crippen molar-refractivity contribution in [2.45, 2.75) is 56.4 Å². The fourth-order valence-electron chi connectivity index (χ4n) is 3.63. The van der Waals surface area contributed by atoms with Crippen molar-refractivity contribution in [1.29, 1.82) is 0 Å². The van der Waals surface area contributed by atoms with E-state index < -0.39 is 34.0 Å². The van der Waals surface area contributed by atoms with E-state index in [2.05, 4.69) is 5.32 Å². The first-order chi connectivity index (χ1) is 12.5. The number of rotatable bonds is 1. The maximum atomic E-state index is 14.7. The third-order valence-corrected chi connectivity index (χ3v) is 6.57. The molecule has 1 aromatic rings. The highest BCUT2D eigenvalue weighted by Crippen LogP contribution is 2.48. The number of nitrogens with one attached hydrogen (secondary N) is 1. The molecule has 3 unspecified atom stereocenters. The third kappa shape index (κ3) is 3.65. The minimum atomic E-state index is -1.49. The number of nitrogen functional groups attached to an aromatic ring is 1. The SMILES string of the molecule is CN1C(NC(=O)OC(C)(C)C)=NC2(c3cc(N)ccc3F)CCCC2S1=O. The van der Waals surface area contributed by atoms with E-state index in [1.165, 1.54) is 16.4 Å². The maximum Gasteiger partial charge on any atom is 0.414 e.